The first-order valence-corrected chi connectivity index (χ1v) is 7.78. The zero-order chi connectivity index (χ0) is 15.6. The van der Waals surface area contributed by atoms with Gasteiger partial charge in [-0.2, -0.15) is 13.2 Å². The van der Waals surface area contributed by atoms with Crippen molar-refractivity contribution >= 4 is 38.5 Å². The molecule has 3 N–H and O–H groups in total. The molecule has 0 fully saturated rings. The highest BCUT2D eigenvalue weighted by Crippen LogP contribution is 2.33. The molecule has 7 heteroatoms. The second-order valence-corrected chi connectivity index (χ2v) is 6.49. The lowest BCUT2D eigenvalue weighted by Gasteiger charge is -2.19. The summed E-state index contributed by atoms with van der Waals surface area (Å²) >= 11 is 5.61. The van der Waals surface area contributed by atoms with Gasteiger partial charge >= 0.3 is 6.18 Å². The van der Waals surface area contributed by atoms with E-state index in [0.717, 1.165) is 25.7 Å². The Hall–Kier alpha value is -0.640. The molecule has 0 amide bonds. The van der Waals surface area contributed by atoms with Gasteiger partial charge < -0.3 is 0 Å². The molecule has 0 spiro atoms. The van der Waals surface area contributed by atoms with Crippen molar-refractivity contribution in [2.45, 2.75) is 12.2 Å². The van der Waals surface area contributed by atoms with Gasteiger partial charge in [-0.3, -0.25) is 5.84 Å². The largest absolute Gasteiger partial charge is 0.416 e. The predicted molar refractivity (Wildman–Crippen MR) is 87.5 cm³/mol. The van der Waals surface area contributed by atoms with Crippen LogP contribution < -0.4 is 11.3 Å². The lowest BCUT2D eigenvalue weighted by Crippen LogP contribution is -2.29. The smallest absolute Gasteiger partial charge is 0.271 e. The molecule has 0 saturated heterocycles. The number of hydrazine groups is 1. The van der Waals surface area contributed by atoms with Crippen LogP contribution in [-0.4, -0.2) is 0 Å². The number of hydrogen-bond acceptors (Lipinski definition) is 2. The fraction of sp³-hybridized carbons (Fsp3) is 0.143. The summed E-state index contributed by atoms with van der Waals surface area (Å²) in [6.45, 7) is 0. The topological polar surface area (TPSA) is 38.0 Å². The van der Waals surface area contributed by atoms with Gasteiger partial charge in [0.2, 0.25) is 0 Å². The zero-order valence-corrected chi connectivity index (χ0v) is 14.3. The molecule has 0 heterocycles. The molecule has 0 aromatic heterocycles. The summed E-state index contributed by atoms with van der Waals surface area (Å²) in [5.74, 6) is 5.58. The Bertz CT molecular complexity index is 629. The fourth-order valence-electron chi connectivity index (χ4n) is 1.97. The monoisotopic (exact) mass is 470 g/mol. The Morgan fingerprint density at radius 1 is 1.10 bits per heavy atom. The first-order chi connectivity index (χ1) is 9.82. The normalized spacial score (nSPS) is 13.2. The number of rotatable bonds is 3. The van der Waals surface area contributed by atoms with Crippen molar-refractivity contribution in [2.75, 3.05) is 0 Å². The van der Waals surface area contributed by atoms with E-state index >= 15 is 0 Å². The van der Waals surface area contributed by atoms with Gasteiger partial charge in [0, 0.05) is 8.04 Å². The minimum absolute atomic E-state index is 0.392. The van der Waals surface area contributed by atoms with Crippen molar-refractivity contribution in [3.63, 3.8) is 0 Å². The Labute approximate surface area is 142 Å². The van der Waals surface area contributed by atoms with Crippen molar-refractivity contribution in [1.82, 2.24) is 5.43 Å². The highest BCUT2D eigenvalue weighted by molar-refractivity contribution is 14.1. The average Bonchev–Trinajstić information content (AvgIpc) is 2.43. The average molecular weight is 471 g/mol. The van der Waals surface area contributed by atoms with Crippen LogP contribution in [0.5, 0.6) is 0 Å². The molecule has 0 aliphatic heterocycles. The number of alkyl halides is 3. The van der Waals surface area contributed by atoms with Gasteiger partial charge in [0.05, 0.1) is 11.6 Å². The van der Waals surface area contributed by atoms with Crippen LogP contribution in [0.25, 0.3) is 0 Å². The summed E-state index contributed by atoms with van der Waals surface area (Å²) in [5, 5.41) is 0. The molecule has 2 aromatic rings. The zero-order valence-electron chi connectivity index (χ0n) is 10.6. The van der Waals surface area contributed by atoms with Crippen LogP contribution in [0.4, 0.5) is 13.2 Å². The van der Waals surface area contributed by atoms with Crippen molar-refractivity contribution in [2.24, 2.45) is 5.84 Å². The van der Waals surface area contributed by atoms with Gasteiger partial charge in [-0.25, -0.2) is 5.43 Å². The van der Waals surface area contributed by atoms with Gasteiger partial charge in [0.1, 0.15) is 0 Å². The lowest BCUT2D eigenvalue weighted by molar-refractivity contribution is -0.137. The maximum atomic E-state index is 12.6. The van der Waals surface area contributed by atoms with Crippen molar-refractivity contribution < 1.29 is 13.2 Å². The molecule has 2 nitrogen and oxygen atoms in total. The summed E-state index contributed by atoms with van der Waals surface area (Å²) in [6, 6.07) is 10.3. The van der Waals surface area contributed by atoms with E-state index in [4.69, 9.17) is 5.84 Å². The van der Waals surface area contributed by atoms with Crippen LogP contribution in [0.15, 0.2) is 46.9 Å². The molecule has 1 unspecified atom stereocenters. The van der Waals surface area contributed by atoms with E-state index in [-0.39, 0.29) is 0 Å². The van der Waals surface area contributed by atoms with E-state index in [9.17, 15) is 13.2 Å². The Morgan fingerprint density at radius 2 is 1.71 bits per heavy atom. The molecule has 0 radical (unpaired) electrons. The molecular weight excluding hydrogens is 460 g/mol. The van der Waals surface area contributed by atoms with Crippen LogP contribution >= 0.6 is 38.5 Å². The molecule has 0 bridgehead atoms. The summed E-state index contributed by atoms with van der Waals surface area (Å²) in [7, 11) is 0. The van der Waals surface area contributed by atoms with Gasteiger partial charge in [-0.1, -0.05) is 28.1 Å². The van der Waals surface area contributed by atoms with Crippen LogP contribution in [0.1, 0.15) is 22.7 Å². The summed E-state index contributed by atoms with van der Waals surface area (Å²) < 4.78 is 39.6. The van der Waals surface area contributed by atoms with Crippen LogP contribution in [0.2, 0.25) is 0 Å². The standard InChI is InChI=1S/C14H11BrF3IN2/c15-12-6-5-10(19)7-11(12)13(21-20)8-1-3-9(4-2-8)14(16,17)18/h1-7,13,21H,20H2. The number of halogens is 5. The van der Waals surface area contributed by atoms with Crippen LogP contribution in [-0.2, 0) is 6.18 Å². The molecule has 1 atom stereocenters. The number of nitrogens with two attached hydrogens (primary N) is 1. The maximum Gasteiger partial charge on any atom is 0.416 e. The van der Waals surface area contributed by atoms with Crippen LogP contribution in [0, 0.1) is 3.57 Å². The number of hydrogen-bond donors (Lipinski definition) is 2. The molecular formula is C14H11BrF3IN2. The van der Waals surface area contributed by atoms with Gasteiger partial charge in [0.15, 0.2) is 0 Å². The SMILES string of the molecule is NNC(c1ccc(C(F)(F)F)cc1)c1cc(I)ccc1Br. The first kappa shape index (κ1) is 16.7. The Balaban J connectivity index is 2.40. The molecule has 112 valence electrons. The number of benzene rings is 2. The van der Waals surface area contributed by atoms with Crippen molar-refractivity contribution in [1.29, 1.82) is 0 Å². The van der Waals surface area contributed by atoms with Crippen molar-refractivity contribution in [3.05, 3.63) is 67.2 Å². The highest BCUT2D eigenvalue weighted by Gasteiger charge is 2.30. The Morgan fingerprint density at radius 3 is 2.24 bits per heavy atom. The van der Waals surface area contributed by atoms with E-state index in [0.29, 0.717) is 5.56 Å². The lowest BCUT2D eigenvalue weighted by atomic mass is 9.98. The summed E-state index contributed by atoms with van der Waals surface area (Å²) in [6.07, 6.45) is -4.34. The predicted octanol–water partition coefficient (Wildman–Crippen LogP) is 4.63. The third-order valence-electron chi connectivity index (χ3n) is 3.01. The summed E-state index contributed by atoms with van der Waals surface area (Å²) in [4.78, 5) is 0. The quantitative estimate of drug-likeness (QED) is 0.390. The second-order valence-electron chi connectivity index (χ2n) is 4.39. The van der Waals surface area contributed by atoms with Gasteiger partial charge in [-0.15, -0.1) is 0 Å². The molecule has 2 aromatic carbocycles. The fourth-order valence-corrected chi connectivity index (χ4v) is 2.96. The maximum absolute atomic E-state index is 12.6. The third-order valence-corrected chi connectivity index (χ3v) is 4.40. The van der Waals surface area contributed by atoms with E-state index in [2.05, 4.69) is 43.9 Å². The van der Waals surface area contributed by atoms with Crippen molar-refractivity contribution in [3.8, 4) is 0 Å². The number of nitrogens with one attached hydrogen (secondary N) is 1. The summed E-state index contributed by atoms with van der Waals surface area (Å²) in [5.41, 5.74) is 3.49. The Kier molecular flexibility index (Phi) is 5.29. The van der Waals surface area contributed by atoms with Gasteiger partial charge in [0.25, 0.3) is 0 Å². The van der Waals surface area contributed by atoms with E-state index in [1.54, 1.807) is 0 Å². The van der Waals surface area contributed by atoms with Crippen LogP contribution in [0.3, 0.4) is 0 Å². The van der Waals surface area contributed by atoms with Gasteiger partial charge in [-0.05, 0) is 64.0 Å². The van der Waals surface area contributed by atoms with E-state index in [1.165, 1.54) is 12.1 Å². The second kappa shape index (κ2) is 6.64. The molecule has 0 aliphatic carbocycles. The molecule has 2 rings (SSSR count). The first-order valence-electron chi connectivity index (χ1n) is 5.91. The molecule has 0 saturated carbocycles. The minimum atomic E-state index is -4.34. The van der Waals surface area contributed by atoms with E-state index in [1.807, 2.05) is 18.2 Å². The minimum Gasteiger partial charge on any atom is -0.271 e. The van der Waals surface area contributed by atoms with E-state index < -0.39 is 17.8 Å². The molecule has 0 aliphatic rings. The molecule has 21 heavy (non-hydrogen) atoms. The highest BCUT2D eigenvalue weighted by atomic mass is 127. The third kappa shape index (κ3) is 3.97.